The number of rotatable bonds is 4. The molecule has 0 unspecified atom stereocenters. The maximum absolute atomic E-state index is 13.8. The summed E-state index contributed by atoms with van der Waals surface area (Å²) in [7, 11) is 0. The van der Waals surface area contributed by atoms with Gasteiger partial charge in [0.2, 0.25) is 5.91 Å². The predicted molar refractivity (Wildman–Crippen MR) is 93.8 cm³/mol. The highest BCUT2D eigenvalue weighted by molar-refractivity contribution is 5.78. The molecule has 4 aliphatic rings. The Balaban J connectivity index is 1.64. The summed E-state index contributed by atoms with van der Waals surface area (Å²) < 4.78 is 33.1. The van der Waals surface area contributed by atoms with Crippen molar-refractivity contribution in [2.24, 2.45) is 5.92 Å². The molecule has 0 aromatic heterocycles. The van der Waals surface area contributed by atoms with E-state index in [2.05, 4.69) is 4.90 Å². The molecular weight excluding hydrogens is 338 g/mol. The molecule has 1 aromatic carbocycles. The zero-order valence-electron chi connectivity index (χ0n) is 15.3. The fourth-order valence-electron chi connectivity index (χ4n) is 5.11. The maximum Gasteiger partial charge on any atom is 0.248 e. The Morgan fingerprint density at radius 2 is 1.81 bits per heavy atom. The lowest BCUT2D eigenvalue weighted by atomic mass is 9.75. The van der Waals surface area contributed by atoms with E-state index in [0.717, 1.165) is 32.0 Å². The minimum atomic E-state index is -0.555. The van der Waals surface area contributed by atoms with E-state index in [-0.39, 0.29) is 36.6 Å². The van der Waals surface area contributed by atoms with Crippen LogP contribution in [0.3, 0.4) is 0 Å². The van der Waals surface area contributed by atoms with Crippen LogP contribution in [0, 0.1) is 17.6 Å². The summed E-state index contributed by atoms with van der Waals surface area (Å²) in [5, 5.41) is 0. The third kappa shape index (κ3) is 3.14. The number of fused-ring (bicyclic) bond motifs is 2. The minimum absolute atomic E-state index is 0.00276. The van der Waals surface area contributed by atoms with Gasteiger partial charge in [-0.25, -0.2) is 8.78 Å². The molecule has 0 aliphatic carbocycles. The molecule has 4 saturated heterocycles. The molecule has 1 amide bonds. The summed E-state index contributed by atoms with van der Waals surface area (Å²) in [5.41, 5.74) is 0.658. The van der Waals surface area contributed by atoms with Crippen molar-refractivity contribution in [2.45, 2.75) is 50.8 Å². The van der Waals surface area contributed by atoms with E-state index in [9.17, 15) is 13.6 Å². The predicted octanol–water partition coefficient (Wildman–Crippen LogP) is 2.78. The van der Waals surface area contributed by atoms with Gasteiger partial charge in [0.25, 0.3) is 0 Å². The van der Waals surface area contributed by atoms with Gasteiger partial charge in [-0.1, -0.05) is 0 Å². The van der Waals surface area contributed by atoms with Gasteiger partial charge in [0.05, 0.1) is 12.1 Å². The van der Waals surface area contributed by atoms with E-state index in [1.54, 1.807) is 0 Å². The number of carbonyl (C=O) groups excluding carboxylic acids is 1. The molecule has 0 spiro atoms. The smallest absolute Gasteiger partial charge is 0.248 e. The van der Waals surface area contributed by atoms with Crippen molar-refractivity contribution < 1.29 is 18.3 Å². The first-order chi connectivity index (χ1) is 12.4. The van der Waals surface area contributed by atoms with E-state index in [0.29, 0.717) is 18.0 Å². The molecule has 26 heavy (non-hydrogen) atoms. The van der Waals surface area contributed by atoms with Crippen LogP contribution in [0.1, 0.15) is 38.2 Å². The second kappa shape index (κ2) is 6.89. The first kappa shape index (κ1) is 17.9. The number of hydrogen-bond donors (Lipinski definition) is 0. The van der Waals surface area contributed by atoms with E-state index >= 15 is 0 Å². The van der Waals surface area contributed by atoms with Crippen molar-refractivity contribution in [3.8, 4) is 0 Å². The van der Waals surface area contributed by atoms with Crippen LogP contribution in [0.15, 0.2) is 18.2 Å². The van der Waals surface area contributed by atoms with Crippen molar-refractivity contribution >= 4 is 5.91 Å². The summed E-state index contributed by atoms with van der Waals surface area (Å²) in [6.07, 6.45) is 2.16. The average molecular weight is 364 g/mol. The molecule has 6 heteroatoms. The number of ether oxygens (including phenoxy) is 1. The number of halogens is 2. The van der Waals surface area contributed by atoms with Crippen LogP contribution in [0.4, 0.5) is 8.78 Å². The van der Waals surface area contributed by atoms with Crippen LogP contribution in [0.2, 0.25) is 0 Å². The van der Waals surface area contributed by atoms with Crippen LogP contribution in [0.5, 0.6) is 0 Å². The lowest BCUT2D eigenvalue weighted by molar-refractivity contribution is -0.142. The van der Waals surface area contributed by atoms with Crippen LogP contribution < -0.4 is 0 Å². The molecule has 0 radical (unpaired) electrons. The van der Waals surface area contributed by atoms with Crippen molar-refractivity contribution in [3.05, 3.63) is 35.4 Å². The van der Waals surface area contributed by atoms with Crippen molar-refractivity contribution in [2.75, 3.05) is 26.2 Å². The Morgan fingerprint density at radius 1 is 1.15 bits per heavy atom. The van der Waals surface area contributed by atoms with Gasteiger partial charge in [0.15, 0.2) is 0 Å². The highest BCUT2D eigenvalue weighted by Gasteiger charge is 2.54. The van der Waals surface area contributed by atoms with Crippen molar-refractivity contribution in [3.63, 3.8) is 0 Å². The lowest BCUT2D eigenvalue weighted by Gasteiger charge is -2.51. The van der Waals surface area contributed by atoms with Crippen LogP contribution in [-0.4, -0.2) is 60.1 Å². The Kier molecular flexibility index (Phi) is 4.73. The van der Waals surface area contributed by atoms with Gasteiger partial charge in [-0.3, -0.25) is 9.69 Å². The molecular formula is C20H26F2N2O2. The molecule has 2 bridgehead atoms. The van der Waals surface area contributed by atoms with Gasteiger partial charge in [0, 0.05) is 24.6 Å². The fourth-order valence-corrected chi connectivity index (χ4v) is 5.11. The van der Waals surface area contributed by atoms with Gasteiger partial charge in [-0.05, 0) is 63.4 Å². The number of carbonyl (C=O) groups is 1. The normalized spacial score (nSPS) is 33.0. The summed E-state index contributed by atoms with van der Waals surface area (Å²) in [4.78, 5) is 17.2. The Bertz CT molecular complexity index is 668. The van der Waals surface area contributed by atoms with Crippen LogP contribution in [0.25, 0.3) is 0 Å². The second-order valence-electron chi connectivity index (χ2n) is 8.07. The first-order valence-electron chi connectivity index (χ1n) is 9.55. The highest BCUT2D eigenvalue weighted by atomic mass is 19.1. The highest BCUT2D eigenvalue weighted by Crippen LogP contribution is 2.46. The molecule has 1 aromatic rings. The van der Waals surface area contributed by atoms with Crippen LogP contribution >= 0.6 is 0 Å². The van der Waals surface area contributed by atoms with Crippen molar-refractivity contribution in [1.82, 2.24) is 9.80 Å². The standard InChI is InChI=1S/C20H26F2N2O2/c1-12(2)26-11-18(25)24-10-17(14-7-15(21)9-16(22)8-14)20-19(24)13-3-5-23(20)6-4-13/h7-9,12-13,17,19-20H,3-6,10-11H2,1-2H3/t17-,19+,20+/m0/s1. The van der Waals surface area contributed by atoms with Gasteiger partial charge < -0.3 is 9.64 Å². The number of amides is 1. The molecule has 4 nitrogen and oxygen atoms in total. The lowest BCUT2D eigenvalue weighted by Crippen LogP contribution is -2.61. The van der Waals surface area contributed by atoms with Gasteiger partial charge in [0.1, 0.15) is 18.2 Å². The van der Waals surface area contributed by atoms with E-state index in [1.165, 1.54) is 12.1 Å². The number of piperidine rings is 3. The molecule has 4 heterocycles. The second-order valence-corrected chi connectivity index (χ2v) is 8.07. The van der Waals surface area contributed by atoms with E-state index in [1.807, 2.05) is 18.7 Å². The molecule has 4 fully saturated rings. The Hall–Kier alpha value is -1.53. The average Bonchev–Trinajstić information content (AvgIpc) is 3.03. The third-order valence-corrected chi connectivity index (χ3v) is 6.17. The van der Waals surface area contributed by atoms with E-state index < -0.39 is 11.6 Å². The molecule has 0 saturated carbocycles. The maximum atomic E-state index is 13.8. The number of likely N-dealkylation sites (tertiary alicyclic amines) is 1. The summed E-state index contributed by atoms with van der Waals surface area (Å²) in [5.74, 6) is -0.713. The molecule has 142 valence electrons. The summed E-state index contributed by atoms with van der Waals surface area (Å²) in [6.45, 7) is 6.40. The number of hydrogen-bond acceptors (Lipinski definition) is 3. The number of benzene rings is 1. The van der Waals surface area contributed by atoms with Gasteiger partial charge in [-0.2, -0.15) is 0 Å². The first-order valence-corrected chi connectivity index (χ1v) is 9.55. The minimum Gasteiger partial charge on any atom is -0.369 e. The van der Waals surface area contributed by atoms with Crippen LogP contribution in [-0.2, 0) is 9.53 Å². The number of nitrogens with zero attached hydrogens (tertiary/aromatic N) is 2. The molecule has 0 N–H and O–H groups in total. The van der Waals surface area contributed by atoms with Crippen molar-refractivity contribution in [1.29, 1.82) is 0 Å². The zero-order valence-corrected chi connectivity index (χ0v) is 15.3. The quantitative estimate of drug-likeness (QED) is 0.824. The molecule has 3 atom stereocenters. The van der Waals surface area contributed by atoms with Gasteiger partial charge >= 0.3 is 0 Å². The fraction of sp³-hybridized carbons (Fsp3) is 0.650. The zero-order chi connectivity index (χ0) is 18.4. The van der Waals surface area contributed by atoms with E-state index in [4.69, 9.17) is 4.74 Å². The van der Waals surface area contributed by atoms with Gasteiger partial charge in [-0.15, -0.1) is 0 Å². The largest absolute Gasteiger partial charge is 0.369 e. The Labute approximate surface area is 153 Å². The molecule has 4 aliphatic heterocycles. The third-order valence-electron chi connectivity index (χ3n) is 6.17. The summed E-state index contributed by atoms with van der Waals surface area (Å²) in [6, 6.07) is 4.02. The monoisotopic (exact) mass is 364 g/mol. The topological polar surface area (TPSA) is 32.8 Å². The Morgan fingerprint density at radius 3 is 2.42 bits per heavy atom. The SMILES string of the molecule is CC(C)OCC(=O)N1C[C@@H](c2cc(F)cc(F)c2)[C@@H]2[C@H]1C1CCN2CC1. The summed E-state index contributed by atoms with van der Waals surface area (Å²) >= 11 is 0. The molecule has 5 rings (SSSR count).